The number of fused-ring (bicyclic) bond motifs is 1. The van der Waals surface area contributed by atoms with Crippen LogP contribution in [0, 0.1) is 0 Å². The van der Waals surface area contributed by atoms with Gasteiger partial charge in [-0.25, -0.2) is 4.68 Å². The van der Waals surface area contributed by atoms with E-state index in [1.807, 2.05) is 0 Å². The van der Waals surface area contributed by atoms with Gasteiger partial charge in [0, 0.05) is 5.02 Å². The van der Waals surface area contributed by atoms with Crippen LogP contribution in [0.25, 0.3) is 17.1 Å². The number of carbonyl (C=O) groups is 2. The van der Waals surface area contributed by atoms with Gasteiger partial charge in [0.05, 0.1) is 22.5 Å². The van der Waals surface area contributed by atoms with Crippen LogP contribution in [-0.2, 0) is 17.5 Å². The van der Waals surface area contributed by atoms with E-state index < -0.39 is 22.9 Å². The van der Waals surface area contributed by atoms with Crippen LogP contribution in [0.2, 0.25) is 5.02 Å². The zero-order valence-electron chi connectivity index (χ0n) is 14.7. The summed E-state index contributed by atoms with van der Waals surface area (Å²) in [4.78, 5) is 23.1. The monoisotopic (exact) mass is 454 g/mol. The van der Waals surface area contributed by atoms with Gasteiger partial charge in [-0.1, -0.05) is 28.9 Å². The molecule has 0 radical (unpaired) electrons. The Bertz CT molecular complexity index is 1230. The lowest BCUT2D eigenvalue weighted by molar-refractivity contribution is -0.144. The zero-order chi connectivity index (χ0) is 21.6. The second kappa shape index (κ2) is 7.42. The minimum Gasteiger partial charge on any atom is -0.278 e. The van der Waals surface area contributed by atoms with E-state index in [9.17, 15) is 28.0 Å². The zero-order valence-corrected chi connectivity index (χ0v) is 16.3. The summed E-state index contributed by atoms with van der Waals surface area (Å²) in [7, 11) is 0. The summed E-state index contributed by atoms with van der Waals surface area (Å²) in [6, 6.07) is 8.28. The Hall–Kier alpha value is -2.89. The van der Waals surface area contributed by atoms with Crippen molar-refractivity contribution < 1.29 is 28.0 Å². The molecule has 1 aromatic heterocycles. The average Bonchev–Trinajstić information content (AvgIpc) is 3.18. The second-order valence-corrected chi connectivity index (χ2v) is 7.72. The number of amides is 2. The number of aromatic nitrogens is 3. The first-order valence-electron chi connectivity index (χ1n) is 8.29. The van der Waals surface area contributed by atoms with Crippen molar-refractivity contribution in [1.29, 1.82) is 0 Å². The van der Waals surface area contributed by atoms with E-state index >= 15 is 0 Å². The first-order valence-corrected chi connectivity index (χ1v) is 9.48. The quantitative estimate of drug-likeness (QED) is 0.460. The van der Waals surface area contributed by atoms with Gasteiger partial charge >= 0.3 is 11.4 Å². The van der Waals surface area contributed by atoms with Crippen LogP contribution >= 0.6 is 23.4 Å². The van der Waals surface area contributed by atoms with Gasteiger partial charge in [0.15, 0.2) is 0 Å². The Labute approximate surface area is 175 Å². The standard InChI is InChI=1S/C18H10ClF3N4O3S/c19-11-3-2-10(12(7-11)18(20,21)22)8-25-14-4-1-9(5-13(14)23-24-25)6-15-16(27)26(29)17(28)30-15/h1-7,29H,8H2/b15-6-. The number of alkyl halides is 3. The lowest BCUT2D eigenvalue weighted by atomic mass is 10.1. The van der Waals surface area contributed by atoms with Crippen molar-refractivity contribution in [3.05, 3.63) is 63.0 Å². The summed E-state index contributed by atoms with van der Waals surface area (Å²) >= 11 is 6.29. The Morgan fingerprint density at radius 3 is 2.60 bits per heavy atom. The molecule has 2 aromatic carbocycles. The van der Waals surface area contributed by atoms with Crippen molar-refractivity contribution >= 4 is 51.6 Å². The van der Waals surface area contributed by atoms with Gasteiger partial charge in [-0.05, 0) is 53.2 Å². The first kappa shape index (κ1) is 20.4. The van der Waals surface area contributed by atoms with Crippen LogP contribution in [0.3, 0.4) is 0 Å². The molecule has 30 heavy (non-hydrogen) atoms. The molecule has 1 N–H and O–H groups in total. The van der Waals surface area contributed by atoms with Crippen molar-refractivity contribution in [2.45, 2.75) is 12.7 Å². The summed E-state index contributed by atoms with van der Waals surface area (Å²) in [6.07, 6.45) is -3.17. The summed E-state index contributed by atoms with van der Waals surface area (Å²) in [5, 5.41) is 16.4. The molecule has 0 saturated carbocycles. The third-order valence-corrected chi connectivity index (χ3v) is 5.40. The Morgan fingerprint density at radius 1 is 1.17 bits per heavy atom. The highest BCUT2D eigenvalue weighted by Crippen LogP contribution is 2.35. The second-order valence-electron chi connectivity index (χ2n) is 6.29. The number of benzene rings is 2. The molecule has 0 spiro atoms. The highest BCUT2D eigenvalue weighted by Gasteiger charge is 2.35. The smallest absolute Gasteiger partial charge is 0.278 e. The van der Waals surface area contributed by atoms with E-state index in [0.29, 0.717) is 28.4 Å². The predicted molar refractivity (Wildman–Crippen MR) is 103 cm³/mol. The molecule has 1 aliphatic heterocycles. The third-order valence-electron chi connectivity index (χ3n) is 4.31. The number of hydrogen-bond acceptors (Lipinski definition) is 6. The molecule has 1 saturated heterocycles. The van der Waals surface area contributed by atoms with Gasteiger partial charge in [-0.15, -0.1) is 10.2 Å². The van der Waals surface area contributed by atoms with Crippen LogP contribution < -0.4 is 0 Å². The van der Waals surface area contributed by atoms with E-state index in [-0.39, 0.29) is 27.1 Å². The van der Waals surface area contributed by atoms with E-state index in [0.717, 1.165) is 6.07 Å². The Kier molecular flexibility index (Phi) is 5.04. The van der Waals surface area contributed by atoms with Crippen molar-refractivity contribution in [1.82, 2.24) is 20.1 Å². The van der Waals surface area contributed by atoms with Crippen LogP contribution in [0.1, 0.15) is 16.7 Å². The number of halogens is 4. The van der Waals surface area contributed by atoms with Crippen molar-refractivity contribution in [2.24, 2.45) is 0 Å². The number of thioether (sulfide) groups is 1. The molecular formula is C18H10ClF3N4O3S. The number of imide groups is 1. The molecule has 7 nitrogen and oxygen atoms in total. The Morgan fingerprint density at radius 2 is 1.93 bits per heavy atom. The molecule has 0 unspecified atom stereocenters. The fourth-order valence-corrected chi connectivity index (χ4v) is 3.82. The van der Waals surface area contributed by atoms with Crippen molar-refractivity contribution in [3.8, 4) is 0 Å². The maximum absolute atomic E-state index is 13.3. The molecular weight excluding hydrogens is 445 g/mol. The minimum absolute atomic E-state index is 0.0144. The van der Waals surface area contributed by atoms with Crippen molar-refractivity contribution in [3.63, 3.8) is 0 Å². The topological polar surface area (TPSA) is 88.3 Å². The molecule has 4 rings (SSSR count). The molecule has 3 aromatic rings. The molecule has 0 atom stereocenters. The first-order chi connectivity index (χ1) is 14.1. The fraction of sp³-hybridized carbons (Fsp3) is 0.111. The van der Waals surface area contributed by atoms with E-state index in [1.165, 1.54) is 22.9 Å². The van der Waals surface area contributed by atoms with E-state index in [4.69, 9.17) is 11.6 Å². The SMILES string of the molecule is O=C1S/C(=C\c2ccc3c(c2)nnn3Cc2ccc(Cl)cc2C(F)(F)F)C(=O)N1O. The van der Waals surface area contributed by atoms with Crippen LogP contribution in [0.5, 0.6) is 0 Å². The normalized spacial score (nSPS) is 16.3. The summed E-state index contributed by atoms with van der Waals surface area (Å²) in [5.74, 6) is -0.837. The van der Waals surface area contributed by atoms with Crippen LogP contribution in [-0.4, -0.2) is 36.4 Å². The summed E-state index contributed by atoms with van der Waals surface area (Å²) in [6.45, 7) is -0.175. The molecule has 1 fully saturated rings. The highest BCUT2D eigenvalue weighted by atomic mass is 35.5. The molecule has 2 heterocycles. The number of nitrogens with zero attached hydrogens (tertiary/aromatic N) is 4. The van der Waals surface area contributed by atoms with Gasteiger partial charge in [-0.2, -0.15) is 13.2 Å². The van der Waals surface area contributed by atoms with Gasteiger partial charge in [0.25, 0.3) is 5.91 Å². The van der Waals surface area contributed by atoms with Crippen molar-refractivity contribution in [2.75, 3.05) is 0 Å². The number of rotatable bonds is 3. The minimum atomic E-state index is -4.57. The summed E-state index contributed by atoms with van der Waals surface area (Å²) < 4.78 is 41.3. The molecule has 154 valence electrons. The van der Waals surface area contributed by atoms with Gasteiger partial charge in [0.1, 0.15) is 5.52 Å². The lowest BCUT2D eigenvalue weighted by Crippen LogP contribution is -2.23. The number of hydroxylamine groups is 2. The summed E-state index contributed by atoms with van der Waals surface area (Å²) in [5.41, 5.74) is 0.505. The Balaban J connectivity index is 1.66. The molecule has 0 aliphatic carbocycles. The molecule has 2 amide bonds. The average molecular weight is 455 g/mol. The maximum atomic E-state index is 13.3. The maximum Gasteiger partial charge on any atom is 0.416 e. The highest BCUT2D eigenvalue weighted by molar-refractivity contribution is 8.18. The van der Waals surface area contributed by atoms with Gasteiger partial charge in [-0.3, -0.25) is 14.8 Å². The lowest BCUT2D eigenvalue weighted by Gasteiger charge is -2.13. The number of hydrogen-bond donors (Lipinski definition) is 1. The van der Waals surface area contributed by atoms with Crippen LogP contribution in [0.15, 0.2) is 41.3 Å². The largest absolute Gasteiger partial charge is 0.416 e. The van der Waals surface area contributed by atoms with E-state index in [1.54, 1.807) is 18.2 Å². The molecule has 12 heteroatoms. The fourth-order valence-electron chi connectivity index (χ4n) is 2.92. The predicted octanol–water partition coefficient (Wildman–Crippen LogP) is 4.58. The number of carbonyl (C=O) groups excluding carboxylic acids is 2. The van der Waals surface area contributed by atoms with Gasteiger partial charge in [0.2, 0.25) is 0 Å². The molecule has 1 aliphatic rings. The molecule has 0 bridgehead atoms. The third kappa shape index (κ3) is 3.78. The van der Waals surface area contributed by atoms with Crippen LogP contribution in [0.4, 0.5) is 18.0 Å². The van der Waals surface area contributed by atoms with E-state index in [2.05, 4.69) is 10.3 Å². The van der Waals surface area contributed by atoms with Gasteiger partial charge < -0.3 is 0 Å².